The van der Waals surface area contributed by atoms with Gasteiger partial charge in [-0.3, -0.25) is 9.59 Å². The van der Waals surface area contributed by atoms with Crippen LogP contribution >= 0.6 is 0 Å². The van der Waals surface area contributed by atoms with E-state index in [2.05, 4.69) is 0 Å². The molecule has 2 amide bonds. The molecule has 2 aliphatic heterocycles. The lowest BCUT2D eigenvalue weighted by atomic mass is 10.2. The number of nitrogens with zero attached hydrogens (tertiary/aromatic N) is 2. The molecule has 1 atom stereocenters. The van der Waals surface area contributed by atoms with Crippen LogP contribution < -0.4 is 5.73 Å². The number of methoxy groups -OCH3 is 1. The number of nitrogens with two attached hydrogens (primary N) is 1. The first-order chi connectivity index (χ1) is 11.0. The summed E-state index contributed by atoms with van der Waals surface area (Å²) in [5.74, 6) is -1.29. The third-order valence-electron chi connectivity index (χ3n) is 4.38. The molecule has 3 heterocycles. The highest BCUT2D eigenvalue weighted by Crippen LogP contribution is 2.26. The van der Waals surface area contributed by atoms with E-state index >= 15 is 0 Å². The first-order valence-corrected chi connectivity index (χ1v) is 7.53. The molecule has 0 aromatic carbocycles. The first-order valence-electron chi connectivity index (χ1n) is 7.53. The van der Waals surface area contributed by atoms with E-state index in [0.717, 1.165) is 6.42 Å². The molecule has 0 saturated carbocycles. The number of primary amides is 1. The van der Waals surface area contributed by atoms with Gasteiger partial charge in [0, 0.05) is 13.1 Å². The van der Waals surface area contributed by atoms with E-state index in [1.54, 1.807) is 4.57 Å². The summed E-state index contributed by atoms with van der Waals surface area (Å²) in [4.78, 5) is 37.8. The topological polar surface area (TPSA) is 104 Å². The van der Waals surface area contributed by atoms with Gasteiger partial charge in [0.1, 0.15) is 11.7 Å². The highest BCUT2D eigenvalue weighted by Gasteiger charge is 2.37. The zero-order chi connectivity index (χ0) is 16.6. The Labute approximate surface area is 133 Å². The zero-order valence-electron chi connectivity index (χ0n) is 12.9. The second-order valence-electron chi connectivity index (χ2n) is 5.64. The Balaban J connectivity index is 1.96. The highest BCUT2D eigenvalue weighted by molar-refractivity contribution is 6.01. The molecule has 8 nitrogen and oxygen atoms in total. The van der Waals surface area contributed by atoms with E-state index in [-0.39, 0.29) is 12.5 Å². The Bertz CT molecular complexity index is 666. The number of amides is 2. The largest absolute Gasteiger partial charge is 0.467 e. The number of carbonyl (C=O) groups excluding carboxylic acids is 3. The summed E-state index contributed by atoms with van der Waals surface area (Å²) in [5.41, 5.74) is 6.67. The van der Waals surface area contributed by atoms with Gasteiger partial charge in [0.15, 0.2) is 0 Å². The number of ether oxygens (including phenoxy) is 2. The molecule has 2 aliphatic rings. The smallest absolute Gasteiger partial charge is 0.328 e. The average Bonchev–Trinajstić information content (AvgIpc) is 3.18. The van der Waals surface area contributed by atoms with Gasteiger partial charge in [0.05, 0.1) is 31.6 Å². The predicted molar refractivity (Wildman–Crippen MR) is 78.7 cm³/mol. The van der Waals surface area contributed by atoms with E-state index in [1.807, 2.05) is 0 Å². The molecule has 0 spiro atoms. The van der Waals surface area contributed by atoms with E-state index < -0.39 is 17.9 Å². The Kier molecular flexibility index (Phi) is 4.08. The number of rotatable bonds is 3. The molecule has 0 radical (unpaired) electrons. The summed E-state index contributed by atoms with van der Waals surface area (Å²) in [6.07, 6.45) is 1.32. The van der Waals surface area contributed by atoms with Crippen molar-refractivity contribution in [3.05, 3.63) is 23.0 Å². The van der Waals surface area contributed by atoms with Gasteiger partial charge in [-0.05, 0) is 18.9 Å². The van der Waals surface area contributed by atoms with E-state index in [1.165, 1.54) is 18.1 Å². The van der Waals surface area contributed by atoms with E-state index in [0.29, 0.717) is 43.1 Å². The Morgan fingerprint density at radius 3 is 2.83 bits per heavy atom. The third-order valence-corrected chi connectivity index (χ3v) is 4.38. The van der Waals surface area contributed by atoms with Crippen molar-refractivity contribution in [3.8, 4) is 0 Å². The minimum absolute atomic E-state index is 0.242. The summed E-state index contributed by atoms with van der Waals surface area (Å²) < 4.78 is 11.9. The maximum absolute atomic E-state index is 12.9. The number of hydrogen-bond acceptors (Lipinski definition) is 5. The van der Waals surface area contributed by atoms with Gasteiger partial charge in [-0.2, -0.15) is 0 Å². The molecule has 1 saturated heterocycles. The van der Waals surface area contributed by atoms with E-state index in [9.17, 15) is 14.4 Å². The molecule has 1 aromatic heterocycles. The van der Waals surface area contributed by atoms with Crippen LogP contribution in [0, 0.1) is 0 Å². The lowest BCUT2D eigenvalue weighted by molar-refractivity contribution is -0.145. The molecule has 0 aliphatic carbocycles. The lowest BCUT2D eigenvalue weighted by Gasteiger charge is -2.25. The summed E-state index contributed by atoms with van der Waals surface area (Å²) in [6, 6.07) is 0.928. The molecule has 0 bridgehead atoms. The van der Waals surface area contributed by atoms with Crippen LogP contribution in [0.2, 0.25) is 0 Å². The fourth-order valence-corrected chi connectivity index (χ4v) is 3.25. The number of hydrogen-bond donors (Lipinski definition) is 1. The summed E-state index contributed by atoms with van der Waals surface area (Å²) in [7, 11) is 1.31. The SMILES string of the molecule is COC(=O)C1CCCN1C(=O)c1cc(C(N)=O)c2n1CCOC2. The maximum Gasteiger partial charge on any atom is 0.328 e. The molecule has 1 aromatic rings. The van der Waals surface area contributed by atoms with Crippen molar-refractivity contribution in [3.63, 3.8) is 0 Å². The fourth-order valence-electron chi connectivity index (χ4n) is 3.25. The summed E-state index contributed by atoms with van der Waals surface area (Å²) >= 11 is 0. The average molecular weight is 321 g/mol. The summed E-state index contributed by atoms with van der Waals surface area (Å²) in [6.45, 7) is 1.66. The standard InChI is InChI=1S/C15H19N3O5/c1-22-15(21)10-3-2-4-18(10)14(20)11-7-9(13(16)19)12-8-23-6-5-17(11)12/h7,10H,2-6,8H2,1H3,(H2,16,19). The van der Waals surface area contributed by atoms with Crippen molar-refractivity contribution < 1.29 is 23.9 Å². The van der Waals surface area contributed by atoms with Crippen LogP contribution in [0.15, 0.2) is 6.07 Å². The molecule has 2 N–H and O–H groups in total. The Morgan fingerprint density at radius 2 is 2.13 bits per heavy atom. The molecule has 8 heteroatoms. The van der Waals surface area contributed by atoms with E-state index in [4.69, 9.17) is 15.2 Å². The second-order valence-corrected chi connectivity index (χ2v) is 5.64. The van der Waals surface area contributed by atoms with Crippen molar-refractivity contribution in [2.75, 3.05) is 20.3 Å². The first kappa shape index (κ1) is 15.5. The quantitative estimate of drug-likeness (QED) is 0.783. The number of carbonyl (C=O) groups is 3. The van der Waals surface area contributed by atoms with Crippen molar-refractivity contribution >= 4 is 17.8 Å². The molecular weight excluding hydrogens is 302 g/mol. The predicted octanol–water partition coefficient (Wildman–Crippen LogP) is -0.105. The van der Waals surface area contributed by atoms with Crippen molar-refractivity contribution in [1.29, 1.82) is 0 Å². The Hall–Kier alpha value is -2.35. The molecule has 1 unspecified atom stereocenters. The zero-order valence-corrected chi connectivity index (χ0v) is 12.9. The van der Waals surface area contributed by atoms with Crippen molar-refractivity contribution in [2.45, 2.75) is 32.0 Å². The van der Waals surface area contributed by atoms with Gasteiger partial charge in [0.25, 0.3) is 11.8 Å². The van der Waals surface area contributed by atoms with Crippen LogP contribution in [0.25, 0.3) is 0 Å². The minimum atomic E-state index is -0.593. The highest BCUT2D eigenvalue weighted by atomic mass is 16.5. The molecular formula is C15H19N3O5. The Morgan fingerprint density at radius 1 is 1.35 bits per heavy atom. The van der Waals surface area contributed by atoms with Crippen molar-refractivity contribution in [1.82, 2.24) is 9.47 Å². The van der Waals surface area contributed by atoms with Crippen LogP contribution in [0.1, 0.15) is 39.4 Å². The number of fused-ring (bicyclic) bond motifs is 1. The number of likely N-dealkylation sites (tertiary alicyclic amines) is 1. The van der Waals surface area contributed by atoms with Crippen LogP contribution in [0.4, 0.5) is 0 Å². The van der Waals surface area contributed by atoms with Crippen LogP contribution in [-0.4, -0.2) is 53.6 Å². The second kappa shape index (κ2) is 6.04. The van der Waals surface area contributed by atoms with Gasteiger partial charge in [-0.1, -0.05) is 0 Å². The number of esters is 1. The van der Waals surface area contributed by atoms with Crippen LogP contribution in [0.3, 0.4) is 0 Å². The lowest BCUT2D eigenvalue weighted by Crippen LogP contribution is -2.42. The molecule has 3 rings (SSSR count). The fraction of sp³-hybridized carbons (Fsp3) is 0.533. The molecule has 1 fully saturated rings. The third kappa shape index (κ3) is 2.59. The van der Waals surface area contributed by atoms with Gasteiger partial charge in [-0.15, -0.1) is 0 Å². The van der Waals surface area contributed by atoms with Gasteiger partial charge in [-0.25, -0.2) is 4.79 Å². The van der Waals surface area contributed by atoms with Gasteiger partial charge >= 0.3 is 5.97 Å². The molecule has 124 valence electrons. The van der Waals surface area contributed by atoms with Crippen LogP contribution in [0.5, 0.6) is 0 Å². The summed E-state index contributed by atoms with van der Waals surface area (Å²) in [5, 5.41) is 0. The monoisotopic (exact) mass is 321 g/mol. The normalized spacial score (nSPS) is 20.2. The van der Waals surface area contributed by atoms with Gasteiger partial charge in [0.2, 0.25) is 0 Å². The maximum atomic E-state index is 12.9. The van der Waals surface area contributed by atoms with Gasteiger partial charge < -0.3 is 24.7 Å². The van der Waals surface area contributed by atoms with Crippen molar-refractivity contribution in [2.24, 2.45) is 5.73 Å². The number of aromatic nitrogens is 1. The molecule has 23 heavy (non-hydrogen) atoms. The van der Waals surface area contributed by atoms with Crippen LogP contribution in [-0.2, 0) is 27.4 Å². The minimum Gasteiger partial charge on any atom is -0.467 e.